The molecule has 28 heavy (non-hydrogen) atoms. The van der Waals surface area contributed by atoms with E-state index in [1.54, 1.807) is 11.8 Å². The Morgan fingerprint density at radius 1 is 1.14 bits per heavy atom. The molecular formula is C19H20N2O5S2. The van der Waals surface area contributed by atoms with Gasteiger partial charge in [-0.05, 0) is 37.0 Å². The van der Waals surface area contributed by atoms with Gasteiger partial charge in [0, 0.05) is 15.5 Å². The summed E-state index contributed by atoms with van der Waals surface area (Å²) in [6, 6.07) is 0. The van der Waals surface area contributed by atoms with Crippen LogP contribution in [0.1, 0.15) is 37.0 Å². The molecule has 2 amide bonds. The van der Waals surface area contributed by atoms with E-state index >= 15 is 0 Å². The van der Waals surface area contributed by atoms with Crippen LogP contribution in [0, 0.1) is 29.6 Å². The molecule has 3 saturated carbocycles. The van der Waals surface area contributed by atoms with Crippen molar-refractivity contribution in [2.75, 3.05) is 6.54 Å². The Labute approximate surface area is 168 Å². The van der Waals surface area contributed by atoms with Gasteiger partial charge in [-0.15, -0.1) is 11.8 Å². The van der Waals surface area contributed by atoms with Crippen molar-refractivity contribution >= 4 is 40.9 Å². The molecule has 2 N–H and O–H groups in total. The summed E-state index contributed by atoms with van der Waals surface area (Å²) in [4.78, 5) is 54.4. The van der Waals surface area contributed by atoms with Crippen LogP contribution in [0.15, 0.2) is 9.82 Å². The molecule has 148 valence electrons. The first-order valence-corrected chi connectivity index (χ1v) is 11.6. The topological polar surface area (TPSA) is 108 Å². The SMILES string of the molecule is O=C(O)CN1C(=O)[C@H]2[C@@H]3C[C@@H]([C@@H]2C1=O)[C@@H]1[C@@H]3Sc2[nH]c(=O)sc2C12CCCC2. The first-order chi connectivity index (χ1) is 13.4. The average molecular weight is 421 g/mol. The monoisotopic (exact) mass is 420 g/mol. The van der Waals surface area contributed by atoms with Crippen LogP contribution in [0.25, 0.3) is 0 Å². The molecule has 4 fully saturated rings. The Bertz CT molecular complexity index is 977. The normalized spacial score (nSPS) is 39.5. The number of nitrogens with zero attached hydrogens (tertiary/aromatic N) is 1. The standard InChI is InChI=1S/C19H20N2O5S2/c22-9(23)6-21-16(24)10-7-5-8(11(10)17(21)25)13-12(7)19(3-1-2-4-19)14-15(27-13)20-18(26)28-14/h7-8,10-13H,1-6H2,(H,20,26)(H,22,23)/t7-,8-,10-,11-,12+,13+/m0/s1. The predicted octanol–water partition coefficient (Wildman–Crippen LogP) is 1.67. The second kappa shape index (κ2) is 5.50. The third-order valence-corrected chi connectivity index (χ3v) is 10.6. The molecule has 0 aromatic carbocycles. The molecule has 2 bridgehead atoms. The number of carboxylic acids is 1. The summed E-state index contributed by atoms with van der Waals surface area (Å²) in [5, 5.41) is 10.3. The van der Waals surface area contributed by atoms with Crippen LogP contribution in [0.4, 0.5) is 0 Å². The van der Waals surface area contributed by atoms with Gasteiger partial charge in [-0.25, -0.2) is 0 Å². The number of hydrogen-bond acceptors (Lipinski definition) is 6. The lowest BCUT2D eigenvalue weighted by Crippen LogP contribution is -2.49. The van der Waals surface area contributed by atoms with E-state index in [-0.39, 0.29) is 51.0 Å². The third kappa shape index (κ3) is 1.92. The van der Waals surface area contributed by atoms with Crippen molar-refractivity contribution in [2.45, 2.75) is 47.8 Å². The summed E-state index contributed by atoms with van der Waals surface area (Å²) in [5.74, 6) is -1.96. The number of imide groups is 1. The second-order valence-corrected chi connectivity index (χ2v) is 11.1. The number of amides is 2. The molecular weight excluding hydrogens is 400 g/mol. The summed E-state index contributed by atoms with van der Waals surface area (Å²) in [7, 11) is 0. The number of carbonyl (C=O) groups is 3. The van der Waals surface area contributed by atoms with Gasteiger partial charge in [0.25, 0.3) is 0 Å². The highest BCUT2D eigenvalue weighted by Crippen LogP contribution is 2.71. The lowest BCUT2D eigenvalue weighted by atomic mass is 9.61. The highest BCUT2D eigenvalue weighted by Gasteiger charge is 2.72. The van der Waals surface area contributed by atoms with Gasteiger partial charge in [-0.1, -0.05) is 24.2 Å². The van der Waals surface area contributed by atoms with Gasteiger partial charge in [0.15, 0.2) is 0 Å². The van der Waals surface area contributed by atoms with Crippen LogP contribution in [-0.2, 0) is 19.8 Å². The molecule has 3 aliphatic carbocycles. The molecule has 2 aliphatic heterocycles. The Kier molecular flexibility index (Phi) is 3.39. The van der Waals surface area contributed by atoms with Crippen LogP contribution >= 0.6 is 23.1 Å². The molecule has 9 heteroatoms. The van der Waals surface area contributed by atoms with Crippen LogP contribution in [0.2, 0.25) is 0 Å². The van der Waals surface area contributed by atoms with Gasteiger partial charge in [0.2, 0.25) is 11.8 Å². The minimum absolute atomic E-state index is 0.0175. The van der Waals surface area contributed by atoms with Crippen LogP contribution < -0.4 is 4.87 Å². The van der Waals surface area contributed by atoms with Gasteiger partial charge < -0.3 is 10.1 Å². The largest absolute Gasteiger partial charge is 0.480 e. The van der Waals surface area contributed by atoms with Crippen LogP contribution in [0.3, 0.4) is 0 Å². The van der Waals surface area contributed by atoms with Gasteiger partial charge in [-0.3, -0.25) is 24.1 Å². The van der Waals surface area contributed by atoms with E-state index < -0.39 is 12.5 Å². The van der Waals surface area contributed by atoms with Crippen molar-refractivity contribution in [1.29, 1.82) is 0 Å². The number of thiazole rings is 1. The fourth-order valence-electron chi connectivity index (χ4n) is 7.26. The number of rotatable bonds is 2. The van der Waals surface area contributed by atoms with Crippen LogP contribution in [-0.4, -0.2) is 44.6 Å². The maximum atomic E-state index is 13.0. The van der Waals surface area contributed by atoms with E-state index in [1.165, 1.54) is 16.2 Å². The Morgan fingerprint density at radius 3 is 2.50 bits per heavy atom. The average Bonchev–Trinajstić information content (AvgIpc) is 3.41. The van der Waals surface area contributed by atoms with Crippen molar-refractivity contribution in [1.82, 2.24) is 9.88 Å². The van der Waals surface area contributed by atoms with Gasteiger partial charge in [0.05, 0.1) is 16.9 Å². The lowest BCUT2D eigenvalue weighted by Gasteiger charge is -2.49. The van der Waals surface area contributed by atoms with Gasteiger partial charge >= 0.3 is 10.8 Å². The fraction of sp³-hybridized carbons (Fsp3) is 0.684. The van der Waals surface area contributed by atoms with E-state index in [0.29, 0.717) is 5.92 Å². The highest BCUT2D eigenvalue weighted by atomic mass is 32.2. The summed E-state index contributed by atoms with van der Waals surface area (Å²) in [6.07, 6.45) is 5.21. The van der Waals surface area contributed by atoms with Gasteiger partial charge in [-0.2, -0.15) is 0 Å². The predicted molar refractivity (Wildman–Crippen MR) is 101 cm³/mol. The number of fused-ring (bicyclic) bond motifs is 11. The Balaban J connectivity index is 1.45. The number of carbonyl (C=O) groups excluding carboxylic acids is 2. The van der Waals surface area contributed by atoms with E-state index in [1.807, 2.05) is 0 Å². The minimum Gasteiger partial charge on any atom is -0.480 e. The fourth-order valence-corrected chi connectivity index (χ4v) is 10.4. The van der Waals surface area contributed by atoms with Crippen molar-refractivity contribution in [3.05, 3.63) is 14.5 Å². The molecule has 7 nitrogen and oxygen atoms in total. The molecule has 1 aromatic rings. The number of nitrogens with one attached hydrogen (secondary N) is 1. The Hall–Kier alpha value is -1.61. The molecule has 6 atom stereocenters. The molecule has 1 aromatic heterocycles. The van der Waals surface area contributed by atoms with Gasteiger partial charge in [0.1, 0.15) is 6.54 Å². The first kappa shape index (κ1) is 17.3. The number of hydrogen-bond donors (Lipinski definition) is 2. The quantitative estimate of drug-likeness (QED) is 0.705. The van der Waals surface area contributed by atoms with Crippen molar-refractivity contribution in [3.8, 4) is 0 Å². The molecule has 0 unspecified atom stereocenters. The number of aromatic nitrogens is 1. The first-order valence-electron chi connectivity index (χ1n) is 9.89. The zero-order valence-corrected chi connectivity index (χ0v) is 16.7. The maximum absolute atomic E-state index is 13.0. The smallest absolute Gasteiger partial charge is 0.323 e. The molecule has 6 rings (SSSR count). The number of thioether (sulfide) groups is 1. The summed E-state index contributed by atoms with van der Waals surface area (Å²) >= 11 is 3.02. The van der Waals surface area contributed by atoms with Crippen LogP contribution in [0.5, 0.6) is 0 Å². The highest BCUT2D eigenvalue weighted by molar-refractivity contribution is 8.00. The molecule has 1 saturated heterocycles. The molecule has 0 radical (unpaired) electrons. The molecule has 1 spiro atoms. The summed E-state index contributed by atoms with van der Waals surface area (Å²) in [5.41, 5.74) is -0.0526. The van der Waals surface area contributed by atoms with Crippen molar-refractivity contribution < 1.29 is 19.5 Å². The number of H-pyrrole nitrogens is 1. The number of aliphatic carboxylic acids is 1. The summed E-state index contributed by atoms with van der Waals surface area (Å²) < 4.78 is 0. The summed E-state index contributed by atoms with van der Waals surface area (Å²) in [6.45, 7) is -0.529. The second-order valence-electron chi connectivity index (χ2n) is 8.92. The number of likely N-dealkylation sites (tertiary alicyclic amines) is 1. The lowest BCUT2D eigenvalue weighted by molar-refractivity contribution is -0.150. The minimum atomic E-state index is -1.15. The van der Waals surface area contributed by atoms with E-state index in [2.05, 4.69) is 4.98 Å². The van der Waals surface area contributed by atoms with E-state index in [0.717, 1.165) is 42.0 Å². The maximum Gasteiger partial charge on any atom is 0.323 e. The zero-order chi connectivity index (χ0) is 19.4. The number of carboxylic acid groups (broad SMARTS) is 1. The van der Waals surface area contributed by atoms with E-state index in [4.69, 9.17) is 5.11 Å². The van der Waals surface area contributed by atoms with E-state index in [9.17, 15) is 19.2 Å². The van der Waals surface area contributed by atoms with Crippen molar-refractivity contribution in [3.63, 3.8) is 0 Å². The zero-order valence-electron chi connectivity index (χ0n) is 15.1. The molecule has 3 heterocycles. The third-order valence-electron chi connectivity index (χ3n) is 7.94. The Morgan fingerprint density at radius 2 is 1.82 bits per heavy atom. The van der Waals surface area contributed by atoms with Crippen molar-refractivity contribution in [2.24, 2.45) is 29.6 Å². The number of aromatic amines is 1. The molecule has 5 aliphatic rings.